The van der Waals surface area contributed by atoms with E-state index in [1.807, 2.05) is 20.8 Å². The lowest BCUT2D eigenvalue weighted by molar-refractivity contribution is -0.117. The molecule has 0 fully saturated rings. The Bertz CT molecular complexity index is 524. The molecule has 1 unspecified atom stereocenters. The highest BCUT2D eigenvalue weighted by Gasteiger charge is 2.23. The van der Waals surface area contributed by atoms with Gasteiger partial charge in [0.1, 0.15) is 0 Å². The Morgan fingerprint density at radius 2 is 2.00 bits per heavy atom. The fourth-order valence-electron chi connectivity index (χ4n) is 1.51. The second kappa shape index (κ2) is 6.24. The maximum Gasteiger partial charge on any atom is 0.337 e. The Morgan fingerprint density at radius 1 is 1.40 bits per heavy atom. The van der Waals surface area contributed by atoms with Gasteiger partial charge < -0.3 is 16.2 Å². The van der Waals surface area contributed by atoms with Crippen LogP contribution in [0.3, 0.4) is 0 Å². The molecule has 6 heteroatoms. The van der Waals surface area contributed by atoms with Gasteiger partial charge in [-0.15, -0.1) is 0 Å². The predicted octanol–water partition coefficient (Wildman–Crippen LogP) is 2.74. The molecular weight excluding hydrogens is 280 g/mol. The highest BCUT2D eigenvalue weighted by Crippen LogP contribution is 2.23. The van der Waals surface area contributed by atoms with Crippen molar-refractivity contribution in [2.75, 3.05) is 5.32 Å². The number of hydrogen-bond acceptors (Lipinski definition) is 3. The number of aromatic carboxylic acids is 1. The van der Waals surface area contributed by atoms with Crippen LogP contribution in [0.15, 0.2) is 18.2 Å². The Hall–Kier alpha value is -1.59. The molecule has 1 rings (SSSR count). The number of nitrogens with one attached hydrogen (secondary N) is 1. The zero-order valence-corrected chi connectivity index (χ0v) is 12.5. The summed E-state index contributed by atoms with van der Waals surface area (Å²) >= 11 is 5.75. The lowest BCUT2D eigenvalue weighted by Crippen LogP contribution is -2.38. The number of benzene rings is 1. The molecule has 1 amide bonds. The van der Waals surface area contributed by atoms with Crippen molar-refractivity contribution in [2.45, 2.75) is 33.2 Å². The number of carboxylic acid groups (broad SMARTS) is 1. The molecule has 4 N–H and O–H groups in total. The molecule has 20 heavy (non-hydrogen) atoms. The molecule has 1 atom stereocenters. The number of carbonyl (C=O) groups is 2. The van der Waals surface area contributed by atoms with E-state index in [1.165, 1.54) is 18.2 Å². The molecule has 0 aliphatic carbocycles. The third-order valence-electron chi connectivity index (χ3n) is 3.00. The summed E-state index contributed by atoms with van der Waals surface area (Å²) in [5, 5.41) is 11.9. The van der Waals surface area contributed by atoms with Crippen molar-refractivity contribution in [3.8, 4) is 0 Å². The number of carboxylic acids is 1. The molecule has 0 aliphatic rings. The largest absolute Gasteiger partial charge is 0.478 e. The molecular formula is C14H19ClN2O3. The van der Waals surface area contributed by atoms with Gasteiger partial charge in [0.15, 0.2) is 0 Å². The SMILES string of the molecule is CC(C)(C)C(N)CC(=O)Nc1ccc(Cl)cc1C(=O)O. The fourth-order valence-corrected chi connectivity index (χ4v) is 1.68. The van der Waals surface area contributed by atoms with Crippen molar-refractivity contribution in [3.05, 3.63) is 28.8 Å². The smallest absolute Gasteiger partial charge is 0.337 e. The fraction of sp³-hybridized carbons (Fsp3) is 0.429. The molecule has 0 spiro atoms. The van der Waals surface area contributed by atoms with Crippen LogP contribution in [0.4, 0.5) is 5.69 Å². The van der Waals surface area contributed by atoms with Crippen LogP contribution in [0.1, 0.15) is 37.6 Å². The van der Waals surface area contributed by atoms with E-state index in [0.29, 0.717) is 5.02 Å². The molecule has 0 bridgehead atoms. The van der Waals surface area contributed by atoms with E-state index in [4.69, 9.17) is 22.4 Å². The number of anilines is 1. The Labute approximate surface area is 123 Å². The van der Waals surface area contributed by atoms with Crippen molar-refractivity contribution < 1.29 is 14.7 Å². The van der Waals surface area contributed by atoms with Gasteiger partial charge in [-0.25, -0.2) is 4.79 Å². The minimum absolute atomic E-state index is 0.0461. The van der Waals surface area contributed by atoms with E-state index in [0.717, 1.165) is 0 Å². The Kier molecular flexibility index (Phi) is 5.14. The first kappa shape index (κ1) is 16.5. The standard InChI is InChI=1S/C14H19ClN2O3/c1-14(2,3)11(16)7-12(18)17-10-5-4-8(15)6-9(10)13(19)20/h4-6,11H,7,16H2,1-3H3,(H,17,18)(H,19,20). The van der Waals surface area contributed by atoms with Crippen LogP contribution in [0, 0.1) is 5.41 Å². The summed E-state index contributed by atoms with van der Waals surface area (Å²) in [6, 6.07) is 3.96. The number of halogens is 1. The summed E-state index contributed by atoms with van der Waals surface area (Å²) in [7, 11) is 0. The average molecular weight is 299 g/mol. The van der Waals surface area contributed by atoms with Crippen LogP contribution in [0.25, 0.3) is 0 Å². The third-order valence-corrected chi connectivity index (χ3v) is 3.24. The van der Waals surface area contributed by atoms with E-state index in [-0.39, 0.29) is 35.0 Å². The lowest BCUT2D eigenvalue weighted by Gasteiger charge is -2.26. The van der Waals surface area contributed by atoms with Crippen molar-refractivity contribution in [2.24, 2.45) is 11.1 Å². The highest BCUT2D eigenvalue weighted by molar-refractivity contribution is 6.31. The highest BCUT2D eigenvalue weighted by atomic mass is 35.5. The van der Waals surface area contributed by atoms with E-state index in [2.05, 4.69) is 5.32 Å². The predicted molar refractivity (Wildman–Crippen MR) is 79.1 cm³/mol. The monoisotopic (exact) mass is 298 g/mol. The van der Waals surface area contributed by atoms with Crippen molar-refractivity contribution in [3.63, 3.8) is 0 Å². The van der Waals surface area contributed by atoms with Crippen LogP contribution in [0.5, 0.6) is 0 Å². The van der Waals surface area contributed by atoms with Crippen LogP contribution < -0.4 is 11.1 Å². The number of rotatable bonds is 4. The average Bonchev–Trinajstić information content (AvgIpc) is 2.29. The van der Waals surface area contributed by atoms with E-state index < -0.39 is 5.97 Å². The number of nitrogens with two attached hydrogens (primary N) is 1. The first-order valence-corrected chi connectivity index (χ1v) is 6.57. The van der Waals surface area contributed by atoms with Crippen molar-refractivity contribution in [1.82, 2.24) is 0 Å². The van der Waals surface area contributed by atoms with Gasteiger partial charge >= 0.3 is 5.97 Å². The molecule has 0 heterocycles. The third kappa shape index (κ3) is 4.51. The summed E-state index contributed by atoms with van der Waals surface area (Å²) in [5.41, 5.74) is 5.90. The molecule has 0 aromatic heterocycles. The van der Waals surface area contributed by atoms with Gasteiger partial charge in [-0.2, -0.15) is 0 Å². The van der Waals surface area contributed by atoms with Crippen LogP contribution in [0.2, 0.25) is 5.02 Å². The van der Waals surface area contributed by atoms with Crippen LogP contribution in [-0.2, 0) is 4.79 Å². The molecule has 110 valence electrons. The number of amides is 1. The molecule has 1 aromatic carbocycles. The maximum atomic E-state index is 11.9. The summed E-state index contributed by atoms with van der Waals surface area (Å²) in [5.74, 6) is -1.47. The van der Waals surface area contributed by atoms with E-state index in [9.17, 15) is 9.59 Å². The summed E-state index contributed by atoms with van der Waals surface area (Å²) < 4.78 is 0. The zero-order valence-electron chi connectivity index (χ0n) is 11.7. The van der Waals surface area contributed by atoms with Crippen LogP contribution >= 0.6 is 11.6 Å². The molecule has 0 saturated carbocycles. The zero-order chi connectivity index (χ0) is 15.5. The first-order chi connectivity index (χ1) is 9.11. The van der Waals surface area contributed by atoms with Gasteiger partial charge in [0.2, 0.25) is 5.91 Å². The van der Waals surface area contributed by atoms with Crippen LogP contribution in [-0.4, -0.2) is 23.0 Å². The number of hydrogen-bond donors (Lipinski definition) is 3. The quantitative estimate of drug-likeness (QED) is 0.797. The molecule has 0 aliphatic heterocycles. The first-order valence-electron chi connectivity index (χ1n) is 6.19. The molecule has 5 nitrogen and oxygen atoms in total. The topological polar surface area (TPSA) is 92.4 Å². The number of carbonyl (C=O) groups excluding carboxylic acids is 1. The van der Waals surface area contributed by atoms with Gasteiger partial charge in [-0.3, -0.25) is 4.79 Å². The minimum Gasteiger partial charge on any atom is -0.478 e. The van der Waals surface area contributed by atoms with E-state index in [1.54, 1.807) is 0 Å². The normalized spacial score (nSPS) is 12.8. The summed E-state index contributed by atoms with van der Waals surface area (Å²) in [4.78, 5) is 23.0. The molecule has 1 aromatic rings. The van der Waals surface area contributed by atoms with Gasteiger partial charge in [-0.05, 0) is 23.6 Å². The second-order valence-electron chi connectivity index (χ2n) is 5.72. The van der Waals surface area contributed by atoms with E-state index >= 15 is 0 Å². The van der Waals surface area contributed by atoms with Gasteiger partial charge in [0.25, 0.3) is 0 Å². The summed E-state index contributed by atoms with van der Waals surface area (Å²) in [6.45, 7) is 5.82. The van der Waals surface area contributed by atoms with Gasteiger partial charge in [0, 0.05) is 17.5 Å². The molecule has 0 radical (unpaired) electrons. The van der Waals surface area contributed by atoms with Crippen molar-refractivity contribution >= 4 is 29.2 Å². The summed E-state index contributed by atoms with van der Waals surface area (Å²) in [6.07, 6.45) is 0.116. The van der Waals surface area contributed by atoms with Crippen molar-refractivity contribution in [1.29, 1.82) is 0 Å². The maximum absolute atomic E-state index is 11.9. The van der Waals surface area contributed by atoms with Gasteiger partial charge in [-0.1, -0.05) is 32.4 Å². The Morgan fingerprint density at radius 3 is 2.50 bits per heavy atom. The Balaban J connectivity index is 2.84. The lowest BCUT2D eigenvalue weighted by atomic mass is 9.85. The van der Waals surface area contributed by atoms with Gasteiger partial charge in [0.05, 0.1) is 11.3 Å². The molecule has 0 saturated heterocycles. The second-order valence-corrected chi connectivity index (χ2v) is 6.16. The minimum atomic E-state index is -1.15.